The molecule has 0 saturated carbocycles. The molecule has 2 aromatic heterocycles. The molecular weight excluding hydrogens is 306 g/mol. The molecule has 0 aliphatic heterocycles. The highest BCUT2D eigenvalue weighted by Gasteiger charge is 2.07. The van der Waals surface area contributed by atoms with Crippen LogP contribution in [0.2, 0.25) is 0 Å². The molecule has 0 spiro atoms. The van der Waals surface area contributed by atoms with Gasteiger partial charge in [0, 0.05) is 13.2 Å². The van der Waals surface area contributed by atoms with Crippen LogP contribution in [0.15, 0.2) is 59.7 Å². The number of nitrogens with zero attached hydrogens (tertiary/aromatic N) is 2. The normalized spacial score (nSPS) is 10.4. The van der Waals surface area contributed by atoms with Gasteiger partial charge in [-0.3, -0.25) is 4.79 Å². The largest absolute Gasteiger partial charge is 0.341 e. The van der Waals surface area contributed by atoms with E-state index in [0.29, 0.717) is 5.82 Å². The molecule has 0 saturated heterocycles. The van der Waals surface area contributed by atoms with Crippen molar-refractivity contribution < 1.29 is 4.79 Å². The molecule has 7 nitrogen and oxygen atoms in total. The zero-order valence-corrected chi connectivity index (χ0v) is 13.1. The van der Waals surface area contributed by atoms with E-state index in [4.69, 9.17) is 0 Å². The molecule has 7 heteroatoms. The predicted molar refractivity (Wildman–Crippen MR) is 91.6 cm³/mol. The fourth-order valence-electron chi connectivity index (χ4n) is 2.24. The Morgan fingerprint density at radius 2 is 2.00 bits per heavy atom. The standard InChI is InChI=1S/C17H17N5O2/c1-22-9-5-8-13(16(22)23)21-17(24)19-11-15-18-10-14(20-15)12-6-3-2-4-7-12/h2-10H,11H2,1H3,(H,18,20)(H2,19,21,24). The number of benzene rings is 1. The Balaban J connectivity index is 1.60. The average Bonchev–Trinajstić information content (AvgIpc) is 3.07. The molecule has 0 radical (unpaired) electrons. The Morgan fingerprint density at radius 3 is 2.79 bits per heavy atom. The van der Waals surface area contributed by atoms with E-state index in [1.165, 1.54) is 4.57 Å². The van der Waals surface area contributed by atoms with E-state index in [1.54, 1.807) is 31.6 Å². The van der Waals surface area contributed by atoms with Crippen LogP contribution in [0.3, 0.4) is 0 Å². The molecule has 3 N–H and O–H groups in total. The summed E-state index contributed by atoms with van der Waals surface area (Å²) in [5.41, 5.74) is 1.86. The molecule has 3 aromatic rings. The third-order valence-corrected chi connectivity index (χ3v) is 3.50. The summed E-state index contributed by atoms with van der Waals surface area (Å²) in [6, 6.07) is 12.6. The predicted octanol–water partition coefficient (Wildman–Crippen LogP) is 2.10. The Morgan fingerprint density at radius 1 is 1.21 bits per heavy atom. The lowest BCUT2D eigenvalue weighted by molar-refractivity contribution is 0.251. The van der Waals surface area contributed by atoms with Crippen molar-refractivity contribution in [2.75, 3.05) is 5.32 Å². The number of urea groups is 1. The van der Waals surface area contributed by atoms with Crippen molar-refractivity contribution in [2.24, 2.45) is 7.05 Å². The van der Waals surface area contributed by atoms with Crippen LogP contribution in [0, 0.1) is 0 Å². The number of pyridine rings is 1. The van der Waals surface area contributed by atoms with Crippen LogP contribution in [0.4, 0.5) is 10.5 Å². The molecular formula is C17H17N5O2. The maximum absolute atomic E-state index is 11.9. The van der Waals surface area contributed by atoms with Crippen molar-refractivity contribution in [1.29, 1.82) is 0 Å². The lowest BCUT2D eigenvalue weighted by Crippen LogP contribution is -2.32. The summed E-state index contributed by atoms with van der Waals surface area (Å²) < 4.78 is 1.40. The summed E-state index contributed by atoms with van der Waals surface area (Å²) in [5, 5.41) is 5.20. The Kier molecular flexibility index (Phi) is 4.42. The second-order valence-electron chi connectivity index (χ2n) is 5.26. The lowest BCUT2D eigenvalue weighted by Gasteiger charge is -2.07. The van der Waals surface area contributed by atoms with Crippen molar-refractivity contribution in [3.8, 4) is 11.3 Å². The number of aromatic amines is 1. The Labute approximate surface area is 138 Å². The Hall–Kier alpha value is -3.35. The quantitative estimate of drug-likeness (QED) is 0.686. The zero-order chi connectivity index (χ0) is 16.9. The molecule has 0 unspecified atom stereocenters. The smallest absolute Gasteiger partial charge is 0.319 e. The zero-order valence-electron chi connectivity index (χ0n) is 13.1. The number of H-pyrrole nitrogens is 1. The first-order valence-electron chi connectivity index (χ1n) is 7.43. The molecule has 0 aliphatic rings. The summed E-state index contributed by atoms with van der Waals surface area (Å²) in [6.45, 7) is 0.228. The van der Waals surface area contributed by atoms with Crippen molar-refractivity contribution >= 4 is 11.7 Å². The minimum Gasteiger partial charge on any atom is -0.341 e. The number of aromatic nitrogens is 3. The number of imidazole rings is 1. The average molecular weight is 323 g/mol. The highest BCUT2D eigenvalue weighted by molar-refractivity contribution is 5.88. The molecule has 0 atom stereocenters. The number of anilines is 1. The van der Waals surface area contributed by atoms with Crippen LogP contribution in [-0.2, 0) is 13.6 Å². The van der Waals surface area contributed by atoms with Crippen molar-refractivity contribution in [3.05, 3.63) is 71.0 Å². The van der Waals surface area contributed by atoms with Gasteiger partial charge in [-0.15, -0.1) is 0 Å². The number of hydrogen-bond acceptors (Lipinski definition) is 3. The first-order valence-corrected chi connectivity index (χ1v) is 7.43. The molecule has 0 fully saturated rings. The SMILES string of the molecule is Cn1cccc(NC(=O)NCc2ncc(-c3ccccc3)[nH]2)c1=O. The highest BCUT2D eigenvalue weighted by atomic mass is 16.2. The van der Waals surface area contributed by atoms with Crippen LogP contribution >= 0.6 is 0 Å². The first-order chi connectivity index (χ1) is 11.6. The van der Waals surface area contributed by atoms with Crippen LogP contribution in [-0.4, -0.2) is 20.6 Å². The molecule has 2 heterocycles. The maximum Gasteiger partial charge on any atom is 0.319 e. The summed E-state index contributed by atoms with van der Waals surface area (Å²) in [5.74, 6) is 0.630. The van der Waals surface area contributed by atoms with Gasteiger partial charge in [-0.2, -0.15) is 0 Å². The van der Waals surface area contributed by atoms with Crippen LogP contribution in [0.5, 0.6) is 0 Å². The third-order valence-electron chi connectivity index (χ3n) is 3.50. The van der Waals surface area contributed by atoms with Gasteiger partial charge in [0.2, 0.25) is 0 Å². The van der Waals surface area contributed by atoms with Gasteiger partial charge in [-0.05, 0) is 17.7 Å². The van der Waals surface area contributed by atoms with Gasteiger partial charge in [0.15, 0.2) is 0 Å². The van der Waals surface area contributed by atoms with Crippen LogP contribution < -0.4 is 16.2 Å². The highest BCUT2D eigenvalue weighted by Crippen LogP contribution is 2.15. The van der Waals surface area contributed by atoms with E-state index < -0.39 is 6.03 Å². The Bertz CT molecular complexity index is 899. The topological polar surface area (TPSA) is 91.8 Å². The van der Waals surface area contributed by atoms with Crippen LogP contribution in [0.1, 0.15) is 5.82 Å². The van der Waals surface area contributed by atoms with E-state index in [9.17, 15) is 9.59 Å². The second kappa shape index (κ2) is 6.82. The van der Waals surface area contributed by atoms with Gasteiger partial charge in [0.1, 0.15) is 11.5 Å². The van der Waals surface area contributed by atoms with Gasteiger partial charge in [0.25, 0.3) is 5.56 Å². The summed E-state index contributed by atoms with van der Waals surface area (Å²) in [7, 11) is 1.62. The number of nitrogens with one attached hydrogen (secondary N) is 3. The van der Waals surface area contributed by atoms with E-state index in [0.717, 1.165) is 11.3 Å². The molecule has 3 rings (SSSR count). The summed E-state index contributed by atoms with van der Waals surface area (Å²) in [4.78, 5) is 31.1. The molecule has 0 aliphatic carbocycles. The lowest BCUT2D eigenvalue weighted by atomic mass is 10.2. The van der Waals surface area contributed by atoms with Gasteiger partial charge in [0.05, 0.1) is 18.4 Å². The van der Waals surface area contributed by atoms with E-state index >= 15 is 0 Å². The minimum absolute atomic E-state index is 0.224. The molecule has 24 heavy (non-hydrogen) atoms. The fourth-order valence-corrected chi connectivity index (χ4v) is 2.24. The second-order valence-corrected chi connectivity index (χ2v) is 5.26. The van der Waals surface area contributed by atoms with E-state index in [-0.39, 0.29) is 17.8 Å². The van der Waals surface area contributed by atoms with Gasteiger partial charge < -0.3 is 20.2 Å². The van der Waals surface area contributed by atoms with Gasteiger partial charge >= 0.3 is 6.03 Å². The number of rotatable bonds is 4. The number of aryl methyl sites for hydroxylation is 1. The number of carbonyl (C=O) groups excluding carboxylic acids is 1. The molecule has 2 amide bonds. The fraction of sp³-hybridized carbons (Fsp3) is 0.118. The van der Waals surface area contributed by atoms with Crippen molar-refractivity contribution in [3.63, 3.8) is 0 Å². The monoisotopic (exact) mass is 323 g/mol. The number of carbonyl (C=O) groups is 1. The van der Waals surface area contributed by atoms with Crippen LogP contribution in [0.25, 0.3) is 11.3 Å². The van der Waals surface area contributed by atoms with E-state index in [1.807, 2.05) is 30.3 Å². The summed E-state index contributed by atoms with van der Waals surface area (Å²) >= 11 is 0. The first kappa shape index (κ1) is 15.5. The third kappa shape index (κ3) is 3.52. The number of hydrogen-bond donors (Lipinski definition) is 3. The number of amides is 2. The molecule has 0 bridgehead atoms. The molecule has 122 valence electrons. The van der Waals surface area contributed by atoms with E-state index in [2.05, 4.69) is 20.6 Å². The van der Waals surface area contributed by atoms with Gasteiger partial charge in [-0.25, -0.2) is 9.78 Å². The maximum atomic E-state index is 11.9. The molecule has 1 aromatic carbocycles. The summed E-state index contributed by atoms with van der Waals surface area (Å²) in [6.07, 6.45) is 3.34. The minimum atomic E-state index is -0.462. The van der Waals surface area contributed by atoms with Gasteiger partial charge in [-0.1, -0.05) is 30.3 Å². The van der Waals surface area contributed by atoms with Crippen molar-refractivity contribution in [2.45, 2.75) is 6.54 Å². The van der Waals surface area contributed by atoms with Crippen molar-refractivity contribution in [1.82, 2.24) is 19.9 Å².